The number of hydrogen-bond donors (Lipinski definition) is 0. The lowest BCUT2D eigenvalue weighted by Crippen LogP contribution is -2.38. The molecule has 1 heterocycles. The van der Waals surface area contributed by atoms with E-state index < -0.39 is 5.97 Å². The predicted octanol–water partition coefficient (Wildman–Crippen LogP) is 3.74. The third kappa shape index (κ3) is 3.71. The molecule has 1 aliphatic heterocycles. The Morgan fingerprint density at radius 3 is 2.62 bits per heavy atom. The molecule has 4 nitrogen and oxygen atoms in total. The van der Waals surface area contributed by atoms with Gasteiger partial charge in [0.05, 0.1) is 10.6 Å². The largest absolute Gasteiger partial charge is 0.452 e. The first-order valence-electron chi connectivity index (χ1n) is 7.51. The van der Waals surface area contributed by atoms with Crippen LogP contribution in [0.4, 0.5) is 0 Å². The average Bonchev–Trinajstić information content (AvgIpc) is 2.61. The summed E-state index contributed by atoms with van der Waals surface area (Å²) in [5, 5.41) is 0.620. The van der Waals surface area contributed by atoms with Crippen LogP contribution in [0, 0.1) is 0 Å². The summed E-state index contributed by atoms with van der Waals surface area (Å²) in [7, 11) is 0. The Hall–Kier alpha value is -2.04. The lowest BCUT2D eigenvalue weighted by Gasteiger charge is -2.28. The van der Waals surface area contributed by atoms with E-state index in [0.717, 1.165) is 12.0 Å². The summed E-state index contributed by atoms with van der Waals surface area (Å²) in [6, 6.07) is 12.5. The van der Waals surface area contributed by atoms with Crippen LogP contribution in [0.1, 0.15) is 21.5 Å². The summed E-state index contributed by atoms with van der Waals surface area (Å²) < 4.78 is 5.09. The van der Waals surface area contributed by atoms with Gasteiger partial charge in [-0.2, -0.15) is 0 Å². The number of esters is 1. The van der Waals surface area contributed by atoms with Gasteiger partial charge in [0.2, 0.25) is 0 Å². The van der Waals surface area contributed by atoms with E-state index in [4.69, 9.17) is 27.9 Å². The number of amides is 1. The van der Waals surface area contributed by atoms with Crippen molar-refractivity contribution in [3.8, 4) is 0 Å². The van der Waals surface area contributed by atoms with Crippen molar-refractivity contribution in [2.45, 2.75) is 13.0 Å². The van der Waals surface area contributed by atoms with Crippen LogP contribution in [0.3, 0.4) is 0 Å². The van der Waals surface area contributed by atoms with Gasteiger partial charge in [-0.05, 0) is 35.7 Å². The maximum absolute atomic E-state index is 12.3. The van der Waals surface area contributed by atoms with E-state index in [1.165, 1.54) is 17.7 Å². The van der Waals surface area contributed by atoms with E-state index in [1.807, 2.05) is 18.2 Å². The number of fused-ring (bicyclic) bond motifs is 1. The first-order valence-corrected chi connectivity index (χ1v) is 8.27. The summed E-state index contributed by atoms with van der Waals surface area (Å²) in [5.41, 5.74) is 2.53. The van der Waals surface area contributed by atoms with E-state index in [2.05, 4.69) is 6.07 Å². The third-order valence-electron chi connectivity index (χ3n) is 3.96. The molecule has 0 fully saturated rings. The van der Waals surface area contributed by atoms with Crippen LogP contribution in [0.25, 0.3) is 0 Å². The molecular formula is C18H15Cl2NO3. The number of carbonyl (C=O) groups is 2. The van der Waals surface area contributed by atoms with Crippen molar-refractivity contribution in [2.24, 2.45) is 0 Å². The number of halogens is 2. The Balaban J connectivity index is 1.60. The molecule has 0 saturated heterocycles. The van der Waals surface area contributed by atoms with Gasteiger partial charge in [-0.3, -0.25) is 4.79 Å². The highest BCUT2D eigenvalue weighted by molar-refractivity contribution is 6.35. The second-order valence-electron chi connectivity index (χ2n) is 5.53. The number of carbonyl (C=O) groups excluding carboxylic acids is 2. The first-order chi connectivity index (χ1) is 11.5. The van der Waals surface area contributed by atoms with Gasteiger partial charge < -0.3 is 9.64 Å². The van der Waals surface area contributed by atoms with Gasteiger partial charge in [-0.25, -0.2) is 4.79 Å². The molecule has 24 heavy (non-hydrogen) atoms. The highest BCUT2D eigenvalue weighted by Crippen LogP contribution is 2.22. The summed E-state index contributed by atoms with van der Waals surface area (Å²) in [4.78, 5) is 26.0. The minimum absolute atomic E-state index is 0.154. The summed E-state index contributed by atoms with van der Waals surface area (Å²) >= 11 is 11.8. The fourth-order valence-electron chi connectivity index (χ4n) is 2.66. The van der Waals surface area contributed by atoms with Crippen molar-refractivity contribution in [2.75, 3.05) is 13.2 Å². The molecule has 2 aromatic carbocycles. The first kappa shape index (κ1) is 16.8. The Labute approximate surface area is 149 Å². The van der Waals surface area contributed by atoms with Gasteiger partial charge in [-0.1, -0.05) is 47.5 Å². The van der Waals surface area contributed by atoms with Crippen LogP contribution in [0.2, 0.25) is 10.0 Å². The molecule has 0 spiro atoms. The molecule has 0 unspecified atom stereocenters. The standard InChI is InChI=1S/C18H15Cl2NO3/c19-14-5-6-16(20)15(9-14)18(23)24-11-17(22)21-8-7-12-3-1-2-4-13(12)10-21/h1-6,9H,7-8,10-11H2. The van der Waals surface area contributed by atoms with Crippen molar-refractivity contribution in [1.82, 2.24) is 4.90 Å². The van der Waals surface area contributed by atoms with E-state index >= 15 is 0 Å². The Morgan fingerprint density at radius 2 is 1.83 bits per heavy atom. The van der Waals surface area contributed by atoms with Gasteiger partial charge in [0, 0.05) is 18.1 Å². The number of rotatable bonds is 3. The van der Waals surface area contributed by atoms with E-state index in [-0.39, 0.29) is 23.1 Å². The minimum Gasteiger partial charge on any atom is -0.452 e. The summed E-state index contributed by atoms with van der Waals surface area (Å²) in [6.45, 7) is 0.833. The van der Waals surface area contributed by atoms with Gasteiger partial charge in [0.25, 0.3) is 5.91 Å². The highest BCUT2D eigenvalue weighted by atomic mass is 35.5. The van der Waals surface area contributed by atoms with Crippen molar-refractivity contribution >= 4 is 35.1 Å². The molecule has 0 aromatic heterocycles. The van der Waals surface area contributed by atoms with Crippen LogP contribution in [0.5, 0.6) is 0 Å². The number of hydrogen-bond acceptors (Lipinski definition) is 3. The number of benzene rings is 2. The van der Waals surface area contributed by atoms with E-state index in [0.29, 0.717) is 18.1 Å². The van der Waals surface area contributed by atoms with Crippen LogP contribution < -0.4 is 0 Å². The normalized spacial score (nSPS) is 13.3. The van der Waals surface area contributed by atoms with Crippen molar-refractivity contribution in [3.63, 3.8) is 0 Å². The second-order valence-corrected chi connectivity index (χ2v) is 6.38. The molecule has 0 saturated carbocycles. The molecule has 124 valence electrons. The summed E-state index contributed by atoms with van der Waals surface area (Å²) in [5.74, 6) is -0.885. The van der Waals surface area contributed by atoms with Crippen LogP contribution in [-0.4, -0.2) is 29.9 Å². The Morgan fingerprint density at radius 1 is 1.08 bits per heavy atom. The van der Waals surface area contributed by atoms with Crippen LogP contribution in [0.15, 0.2) is 42.5 Å². The zero-order valence-electron chi connectivity index (χ0n) is 12.8. The fourth-order valence-corrected chi connectivity index (χ4v) is 3.03. The lowest BCUT2D eigenvalue weighted by atomic mass is 10.00. The van der Waals surface area contributed by atoms with E-state index in [1.54, 1.807) is 11.0 Å². The topological polar surface area (TPSA) is 46.6 Å². The van der Waals surface area contributed by atoms with Gasteiger partial charge in [0.15, 0.2) is 6.61 Å². The maximum Gasteiger partial charge on any atom is 0.340 e. The zero-order chi connectivity index (χ0) is 17.1. The number of nitrogens with zero attached hydrogens (tertiary/aromatic N) is 1. The maximum atomic E-state index is 12.3. The summed E-state index contributed by atoms with van der Waals surface area (Å²) in [6.07, 6.45) is 0.802. The quantitative estimate of drug-likeness (QED) is 0.780. The predicted molar refractivity (Wildman–Crippen MR) is 92.3 cm³/mol. The third-order valence-corrected chi connectivity index (χ3v) is 4.52. The van der Waals surface area contributed by atoms with Crippen LogP contribution >= 0.6 is 23.2 Å². The molecule has 0 atom stereocenters. The fraction of sp³-hybridized carbons (Fsp3) is 0.222. The molecule has 1 aliphatic rings. The average molecular weight is 364 g/mol. The SMILES string of the molecule is O=C(OCC(=O)N1CCc2ccccc2C1)c1cc(Cl)ccc1Cl. The van der Waals surface area contributed by atoms with Crippen molar-refractivity contribution < 1.29 is 14.3 Å². The molecule has 0 bridgehead atoms. The minimum atomic E-state index is -0.659. The molecule has 0 aliphatic carbocycles. The van der Waals surface area contributed by atoms with Gasteiger partial charge in [0.1, 0.15) is 0 Å². The highest BCUT2D eigenvalue weighted by Gasteiger charge is 2.22. The zero-order valence-corrected chi connectivity index (χ0v) is 14.3. The Bertz CT molecular complexity index is 792. The van der Waals surface area contributed by atoms with Gasteiger partial charge in [-0.15, -0.1) is 0 Å². The molecule has 6 heteroatoms. The van der Waals surface area contributed by atoms with Crippen LogP contribution in [-0.2, 0) is 22.5 Å². The molecule has 1 amide bonds. The smallest absolute Gasteiger partial charge is 0.340 e. The molecule has 0 N–H and O–H groups in total. The Kier molecular flexibility index (Phi) is 5.07. The molecule has 2 aromatic rings. The van der Waals surface area contributed by atoms with Crippen molar-refractivity contribution in [3.05, 3.63) is 69.2 Å². The number of ether oxygens (including phenoxy) is 1. The van der Waals surface area contributed by atoms with Gasteiger partial charge >= 0.3 is 5.97 Å². The second kappa shape index (κ2) is 7.24. The lowest BCUT2D eigenvalue weighted by molar-refractivity contribution is -0.135. The monoisotopic (exact) mass is 363 g/mol. The van der Waals surface area contributed by atoms with E-state index in [9.17, 15) is 9.59 Å². The molecule has 0 radical (unpaired) electrons. The molecular weight excluding hydrogens is 349 g/mol. The van der Waals surface area contributed by atoms with Crippen molar-refractivity contribution in [1.29, 1.82) is 0 Å². The molecule has 3 rings (SSSR count).